The molecule has 0 aromatic heterocycles. The molecule has 2 rings (SSSR count). The van der Waals surface area contributed by atoms with Gasteiger partial charge in [-0.15, -0.1) is 0 Å². The zero-order chi connectivity index (χ0) is 11.9. The largest absolute Gasteiger partial charge is 0.295 e. The molecule has 16 heavy (non-hydrogen) atoms. The number of rotatable bonds is 1. The summed E-state index contributed by atoms with van der Waals surface area (Å²) < 4.78 is 0. The first-order valence-corrected chi connectivity index (χ1v) is 6.29. The lowest BCUT2D eigenvalue weighted by atomic mass is 9.57. The van der Waals surface area contributed by atoms with Crippen LogP contribution >= 0.6 is 0 Å². The first-order valence-electron chi connectivity index (χ1n) is 6.29. The van der Waals surface area contributed by atoms with Crippen LogP contribution in [0.25, 0.3) is 0 Å². The Labute approximate surface area is 98.6 Å². The van der Waals surface area contributed by atoms with Crippen LogP contribution in [0.4, 0.5) is 0 Å². The maximum atomic E-state index is 11.7. The quantitative estimate of drug-likeness (QED) is 0.610. The van der Waals surface area contributed by atoms with E-state index in [9.17, 15) is 4.79 Å². The Kier molecular flexibility index (Phi) is 2.81. The molecule has 88 valence electrons. The molecular formula is C15H22O. The lowest BCUT2D eigenvalue weighted by Crippen LogP contribution is -2.39. The first kappa shape index (κ1) is 11.6. The van der Waals surface area contributed by atoms with Gasteiger partial charge in [0, 0.05) is 6.42 Å². The van der Waals surface area contributed by atoms with E-state index in [1.54, 1.807) is 0 Å². The van der Waals surface area contributed by atoms with Gasteiger partial charge in [0.1, 0.15) is 0 Å². The van der Waals surface area contributed by atoms with Crippen LogP contribution in [0.5, 0.6) is 0 Å². The van der Waals surface area contributed by atoms with Gasteiger partial charge in [0.15, 0.2) is 5.78 Å². The highest BCUT2D eigenvalue weighted by Crippen LogP contribution is 2.52. The van der Waals surface area contributed by atoms with E-state index in [-0.39, 0.29) is 5.41 Å². The lowest BCUT2D eigenvalue weighted by molar-refractivity contribution is -0.119. The number of allylic oxidation sites excluding steroid dienone is 3. The fourth-order valence-electron chi connectivity index (χ4n) is 3.56. The topological polar surface area (TPSA) is 17.1 Å². The number of carbonyl (C=O) groups is 1. The van der Waals surface area contributed by atoms with E-state index >= 15 is 0 Å². The highest BCUT2D eigenvalue weighted by molar-refractivity contribution is 5.92. The molecule has 0 aromatic carbocycles. The van der Waals surface area contributed by atoms with Gasteiger partial charge >= 0.3 is 0 Å². The summed E-state index contributed by atoms with van der Waals surface area (Å²) in [6.07, 6.45) is 6.20. The van der Waals surface area contributed by atoms with Crippen molar-refractivity contribution in [2.24, 2.45) is 17.3 Å². The molecule has 3 atom stereocenters. The SMILES string of the molecule is C=C(C)C1CC[C@@]2(C)CC(=O)C=C(C)[C@@H]2C1. The fraction of sp³-hybridized carbons (Fsp3) is 0.667. The molecule has 0 saturated heterocycles. The Morgan fingerprint density at radius 2 is 2.25 bits per heavy atom. The Morgan fingerprint density at radius 1 is 1.56 bits per heavy atom. The normalized spacial score (nSPS) is 38.9. The molecule has 1 nitrogen and oxygen atoms in total. The summed E-state index contributed by atoms with van der Waals surface area (Å²) >= 11 is 0. The van der Waals surface area contributed by atoms with E-state index in [1.807, 2.05) is 6.08 Å². The van der Waals surface area contributed by atoms with Gasteiger partial charge in [-0.25, -0.2) is 0 Å². The number of fused-ring (bicyclic) bond motifs is 1. The Balaban J connectivity index is 2.26. The minimum absolute atomic E-state index is 0.224. The standard InChI is InChI=1S/C15H22O/c1-10(2)12-5-6-15(4)9-13(16)7-11(3)14(15)8-12/h7,12,14H,1,5-6,8-9H2,2-4H3/t12?,14-,15-/m0/s1. The maximum Gasteiger partial charge on any atom is 0.156 e. The smallest absolute Gasteiger partial charge is 0.156 e. The van der Waals surface area contributed by atoms with Crippen molar-refractivity contribution in [1.82, 2.24) is 0 Å². The second kappa shape index (κ2) is 3.87. The second-order valence-corrected chi connectivity index (χ2v) is 6.06. The van der Waals surface area contributed by atoms with Gasteiger partial charge in [0.25, 0.3) is 0 Å². The molecule has 0 aliphatic heterocycles. The Morgan fingerprint density at radius 3 is 2.88 bits per heavy atom. The zero-order valence-electron chi connectivity index (χ0n) is 10.7. The third-order valence-corrected chi connectivity index (χ3v) is 4.64. The van der Waals surface area contributed by atoms with Crippen molar-refractivity contribution in [2.75, 3.05) is 0 Å². The van der Waals surface area contributed by atoms with E-state index in [1.165, 1.54) is 30.4 Å². The van der Waals surface area contributed by atoms with Crippen LogP contribution in [0.1, 0.15) is 46.5 Å². The number of hydrogen-bond donors (Lipinski definition) is 0. The summed E-state index contributed by atoms with van der Waals surface area (Å²) in [6.45, 7) is 10.7. The highest BCUT2D eigenvalue weighted by Gasteiger charge is 2.43. The van der Waals surface area contributed by atoms with Crippen molar-refractivity contribution in [2.45, 2.75) is 46.5 Å². The summed E-state index contributed by atoms with van der Waals surface area (Å²) in [5.41, 5.74) is 2.83. The molecule has 0 heterocycles. The van der Waals surface area contributed by atoms with E-state index in [0.29, 0.717) is 17.6 Å². The molecule has 0 radical (unpaired) electrons. The van der Waals surface area contributed by atoms with Crippen LogP contribution < -0.4 is 0 Å². The fourth-order valence-corrected chi connectivity index (χ4v) is 3.56. The summed E-state index contributed by atoms with van der Waals surface area (Å²) in [5.74, 6) is 1.58. The molecular weight excluding hydrogens is 196 g/mol. The van der Waals surface area contributed by atoms with E-state index in [0.717, 1.165) is 6.42 Å². The van der Waals surface area contributed by atoms with Gasteiger partial charge in [-0.1, -0.05) is 24.6 Å². The van der Waals surface area contributed by atoms with Gasteiger partial charge in [-0.2, -0.15) is 0 Å². The van der Waals surface area contributed by atoms with Crippen LogP contribution in [0.2, 0.25) is 0 Å². The lowest BCUT2D eigenvalue weighted by Gasteiger charge is -2.47. The van der Waals surface area contributed by atoms with Crippen LogP contribution in [-0.4, -0.2) is 5.78 Å². The van der Waals surface area contributed by atoms with Crippen molar-refractivity contribution >= 4 is 5.78 Å². The summed E-state index contributed by atoms with van der Waals surface area (Å²) in [7, 11) is 0. The zero-order valence-corrected chi connectivity index (χ0v) is 10.7. The predicted octanol–water partition coefficient (Wildman–Crippen LogP) is 3.90. The molecule has 0 spiro atoms. The van der Waals surface area contributed by atoms with Gasteiger partial charge in [-0.05, 0) is 56.4 Å². The van der Waals surface area contributed by atoms with Crippen LogP contribution in [0, 0.1) is 17.3 Å². The molecule has 1 heteroatoms. The van der Waals surface area contributed by atoms with Gasteiger partial charge in [-0.3, -0.25) is 4.79 Å². The van der Waals surface area contributed by atoms with Crippen LogP contribution in [-0.2, 0) is 4.79 Å². The van der Waals surface area contributed by atoms with Gasteiger partial charge < -0.3 is 0 Å². The minimum Gasteiger partial charge on any atom is -0.295 e. The summed E-state index contributed by atoms with van der Waals surface area (Å²) in [6, 6.07) is 0. The number of hydrogen-bond acceptors (Lipinski definition) is 1. The molecule has 2 aliphatic carbocycles. The van der Waals surface area contributed by atoms with Crippen LogP contribution in [0.3, 0.4) is 0 Å². The summed E-state index contributed by atoms with van der Waals surface area (Å²) in [5, 5.41) is 0. The van der Waals surface area contributed by atoms with E-state index in [2.05, 4.69) is 27.4 Å². The molecule has 1 fully saturated rings. The van der Waals surface area contributed by atoms with Gasteiger partial charge in [0.2, 0.25) is 0 Å². The van der Waals surface area contributed by atoms with Crippen molar-refractivity contribution < 1.29 is 4.79 Å². The minimum atomic E-state index is 0.224. The Hall–Kier alpha value is -0.850. The average Bonchev–Trinajstić information content (AvgIpc) is 2.15. The molecule has 0 N–H and O–H groups in total. The van der Waals surface area contributed by atoms with Crippen molar-refractivity contribution in [3.05, 3.63) is 23.8 Å². The summed E-state index contributed by atoms with van der Waals surface area (Å²) in [4.78, 5) is 11.7. The van der Waals surface area contributed by atoms with Crippen molar-refractivity contribution in [1.29, 1.82) is 0 Å². The van der Waals surface area contributed by atoms with Crippen molar-refractivity contribution in [3.63, 3.8) is 0 Å². The molecule has 1 unspecified atom stereocenters. The van der Waals surface area contributed by atoms with E-state index in [4.69, 9.17) is 0 Å². The van der Waals surface area contributed by atoms with Crippen LogP contribution in [0.15, 0.2) is 23.8 Å². The van der Waals surface area contributed by atoms with E-state index < -0.39 is 0 Å². The average molecular weight is 218 g/mol. The third kappa shape index (κ3) is 1.88. The molecule has 1 saturated carbocycles. The second-order valence-electron chi connectivity index (χ2n) is 6.06. The van der Waals surface area contributed by atoms with Gasteiger partial charge in [0.05, 0.1) is 0 Å². The third-order valence-electron chi connectivity index (χ3n) is 4.64. The van der Waals surface area contributed by atoms with Crippen molar-refractivity contribution in [3.8, 4) is 0 Å². The predicted molar refractivity (Wildman–Crippen MR) is 67.1 cm³/mol. The monoisotopic (exact) mass is 218 g/mol. The molecule has 0 amide bonds. The first-order chi connectivity index (χ1) is 7.42. The number of ketones is 1. The molecule has 0 bridgehead atoms. The Bertz CT molecular complexity index is 364. The maximum absolute atomic E-state index is 11.7. The number of carbonyl (C=O) groups excluding carboxylic acids is 1. The highest BCUT2D eigenvalue weighted by atomic mass is 16.1. The molecule has 2 aliphatic rings. The molecule has 0 aromatic rings.